The summed E-state index contributed by atoms with van der Waals surface area (Å²) >= 11 is 0. The monoisotopic (exact) mass is 1940 g/mol. The molecule has 5 fully saturated rings. The maximum atomic E-state index is 16.1. The van der Waals surface area contributed by atoms with Crippen LogP contribution in [-0.2, 0) is 164 Å². The third-order valence-electron chi connectivity index (χ3n) is 24.0. The summed E-state index contributed by atoms with van der Waals surface area (Å²) in [5.74, 6) is -14.6. The van der Waals surface area contributed by atoms with Gasteiger partial charge in [0.05, 0.1) is 73.0 Å². The molecule has 42 heteroatoms. The molecule has 8 aliphatic rings. The number of fused-ring (bicyclic) bond motifs is 3. The average molecular weight is 1940 g/mol. The summed E-state index contributed by atoms with van der Waals surface area (Å²) in [5, 5.41) is 17.5. The van der Waals surface area contributed by atoms with E-state index >= 15 is 28.8 Å². The van der Waals surface area contributed by atoms with Gasteiger partial charge in [-0.1, -0.05) is 163 Å². The number of ether oxygens (including phenoxy) is 21. The van der Waals surface area contributed by atoms with E-state index in [0.29, 0.717) is 27.2 Å². The van der Waals surface area contributed by atoms with E-state index in [4.69, 9.17) is 99.5 Å². The van der Waals surface area contributed by atoms with Crippen molar-refractivity contribution in [3.63, 3.8) is 0 Å². The van der Waals surface area contributed by atoms with Crippen molar-refractivity contribution in [3.05, 3.63) is 260 Å². The molecule has 15 rings (SSSR count). The number of hydrogen-bond donors (Lipinski definition) is 1. The number of carbonyl (C=O) groups is 14. The largest absolute Gasteiger partial charge is 0.463 e. The van der Waals surface area contributed by atoms with Gasteiger partial charge in [-0.05, 0) is 64.2 Å². The van der Waals surface area contributed by atoms with Gasteiger partial charge in [-0.15, -0.1) is 0 Å². The number of aliphatic hydroxyl groups excluding tert-OH is 1. The van der Waals surface area contributed by atoms with Gasteiger partial charge in [0.25, 0.3) is 35.4 Å². The number of imide groups is 3. The van der Waals surface area contributed by atoms with E-state index in [9.17, 15) is 49.0 Å². The predicted molar refractivity (Wildman–Crippen MR) is 470 cm³/mol. The van der Waals surface area contributed by atoms with Crippen LogP contribution in [0.3, 0.4) is 0 Å². The van der Waals surface area contributed by atoms with Crippen LogP contribution in [0, 0.1) is 0 Å². The Hall–Kier alpha value is -13.5. The van der Waals surface area contributed by atoms with Gasteiger partial charge < -0.3 is 105 Å². The summed E-state index contributed by atoms with van der Waals surface area (Å²) < 4.78 is 138. The smallest absolute Gasteiger partial charge is 0.303 e. The van der Waals surface area contributed by atoms with Crippen molar-refractivity contribution in [3.8, 4) is 0 Å². The predicted octanol–water partition coefficient (Wildman–Crippen LogP) is 6.77. The summed E-state index contributed by atoms with van der Waals surface area (Å²) in [6, 6.07) is 45.7. The van der Waals surface area contributed by atoms with Crippen molar-refractivity contribution in [1.29, 1.82) is 0 Å². The van der Waals surface area contributed by atoms with E-state index in [1.54, 1.807) is 133 Å². The lowest BCUT2D eigenvalue weighted by atomic mass is 9.92. The van der Waals surface area contributed by atoms with Crippen molar-refractivity contribution in [2.75, 3.05) is 33.0 Å². The van der Waals surface area contributed by atoms with Crippen molar-refractivity contribution in [2.24, 2.45) is 5.11 Å². The summed E-state index contributed by atoms with van der Waals surface area (Å²) in [5.41, 5.74) is 12.0. The highest BCUT2D eigenvalue weighted by Crippen LogP contribution is 2.46. The van der Waals surface area contributed by atoms with E-state index in [1.807, 2.05) is 0 Å². The van der Waals surface area contributed by atoms with Crippen LogP contribution in [0.25, 0.3) is 10.4 Å². The first kappa shape index (κ1) is 101. The molecule has 5 saturated heterocycles. The Bertz CT molecular complexity index is 5660. The maximum absolute atomic E-state index is 16.1. The summed E-state index contributed by atoms with van der Waals surface area (Å²) in [7, 11) is 0. The highest BCUT2D eigenvalue weighted by molar-refractivity contribution is 6.23. The van der Waals surface area contributed by atoms with Gasteiger partial charge in [-0.3, -0.25) is 81.8 Å². The third-order valence-corrected chi connectivity index (χ3v) is 24.0. The zero-order valence-corrected chi connectivity index (χ0v) is 76.7. The number of aliphatic hydroxyl groups is 1. The Balaban J connectivity index is 0.909. The fraction of sp³-hybridized carbons (Fsp3) is 0.429. The molecule has 42 nitrogen and oxygen atoms in total. The molecule has 8 aliphatic heterocycles. The molecule has 6 amide bonds. The molecule has 0 saturated carbocycles. The van der Waals surface area contributed by atoms with Crippen molar-refractivity contribution >= 4 is 83.2 Å². The van der Waals surface area contributed by atoms with Gasteiger partial charge >= 0.3 is 47.8 Å². The van der Waals surface area contributed by atoms with Crippen LogP contribution in [0.15, 0.2) is 199 Å². The first-order valence-electron chi connectivity index (χ1n) is 44.8. The number of nitrogens with zero attached hydrogens (tertiary/aromatic N) is 6. The number of hydrogen-bond acceptors (Lipinski definition) is 37. The number of amides is 6. The van der Waals surface area contributed by atoms with Gasteiger partial charge in [0.1, 0.15) is 105 Å². The van der Waals surface area contributed by atoms with E-state index in [2.05, 4.69) is 10.0 Å². The van der Waals surface area contributed by atoms with Crippen LogP contribution >= 0.6 is 0 Å². The Morgan fingerprint density at radius 2 is 0.579 bits per heavy atom. The van der Waals surface area contributed by atoms with Crippen LogP contribution in [-0.4, -0.2) is 289 Å². The molecule has 7 aromatic rings. The molecule has 25 atom stereocenters. The minimum absolute atomic E-state index is 0.0466. The molecule has 738 valence electrons. The zero-order valence-electron chi connectivity index (χ0n) is 76.7. The van der Waals surface area contributed by atoms with E-state index < -0.39 is 276 Å². The van der Waals surface area contributed by atoms with Crippen LogP contribution in [0.5, 0.6) is 0 Å². The van der Waals surface area contributed by atoms with Crippen LogP contribution in [0.4, 0.5) is 0 Å². The lowest BCUT2D eigenvalue weighted by Gasteiger charge is -2.53. The first-order valence-corrected chi connectivity index (χ1v) is 44.8. The van der Waals surface area contributed by atoms with Gasteiger partial charge in [0.2, 0.25) is 0 Å². The number of benzene rings is 7. The lowest BCUT2D eigenvalue weighted by Crippen LogP contribution is -2.72. The molecular formula is C98H100N6O36. The standard InChI is InChI=1S/C98H100N6O36/c1-50(105)122-47-68-76(113)84(139-98-87(85(130-56(7)111)80(128-54(5)109)72(136-98)49-124-52(3)107)140-96-75(104-93(118)66-39-25-26-40-67(66)94(104)119)83(129-55(6)110)79(127-53(4)108)71(135-96)48-123-51(2)106)86(131-57(8)112)97(133-68)138-78-70(46-121-42-59-29-15-10-16-30-59)134-95(74(82(78)126-44-61-33-19-12-20-34-61)103-91(116)64-37-23-24-38-65(64)92(103)117)137-77-69(45-120-41-58-27-13-9-14-28-58)132-88(100-101-99)73(81(77)125-43-60-31-17-11-18-32-60)102-89(114)62-35-21-22-36-63(62)90(102)115/h9-40,68-88,95-98,113H,41-49H2,1-8H3/t68-,69-,70-,71-,72-,73-,74-,75-,76-,77-,78-,79-,80-,81-,82-,83-,84+,85+,86+,87+,88-,95+,96+,97+,98-/m1/s1. The Morgan fingerprint density at radius 3 is 0.964 bits per heavy atom. The molecule has 0 aliphatic carbocycles. The lowest BCUT2D eigenvalue weighted by molar-refractivity contribution is -0.394. The SMILES string of the molecule is CC(=O)OC[C@H]1O[C@@H](O[C@H]2[C@H](OCc3ccccc3)[C@@H](N3C(=O)c4ccccc4C3=O)[C@H](O[C@H]3[C@H](OCc4ccccc4)[C@@H](N4C(=O)c5ccccc5C4=O)[C@H](N=[N+]=[N-])O[C@@H]3COCc3ccccc3)O[C@@H]2COCc2ccccc2)[C@@H](OC(C)=O)[C@@H](O[C@H]2O[C@H](COC(C)=O)[C@@H](OC(C)=O)[C@H](OC(C)=O)[C@@H]2O[C@@H]2O[C@H](COC(C)=O)[C@@H](OC(C)=O)[C@H](OC(C)=O)[C@H]2N2C(=O)c3ccccc3C2=O)[C@@H]1O. The van der Waals surface area contributed by atoms with Crippen LogP contribution < -0.4 is 0 Å². The summed E-state index contributed by atoms with van der Waals surface area (Å²) in [6.45, 7) is 2.47. The topological polar surface area (TPSA) is 512 Å². The van der Waals surface area contributed by atoms with Crippen LogP contribution in [0.2, 0.25) is 0 Å². The minimum atomic E-state index is -2.50. The Morgan fingerprint density at radius 1 is 0.300 bits per heavy atom. The Kier molecular flexibility index (Phi) is 32.9. The number of esters is 8. The molecule has 0 bridgehead atoms. The first-order chi connectivity index (χ1) is 67.4. The molecule has 1 N–H and O–H groups in total. The quantitative estimate of drug-likeness (QED) is 0.0105. The second kappa shape index (κ2) is 45.6. The van der Waals surface area contributed by atoms with E-state index in [1.165, 1.54) is 60.7 Å². The second-order valence-electron chi connectivity index (χ2n) is 33.7. The van der Waals surface area contributed by atoms with Gasteiger partial charge in [-0.25, -0.2) is 0 Å². The van der Waals surface area contributed by atoms with Crippen molar-refractivity contribution < 1.29 is 172 Å². The van der Waals surface area contributed by atoms with Crippen LogP contribution in [0.1, 0.15) is 140 Å². The molecule has 0 spiro atoms. The minimum Gasteiger partial charge on any atom is -0.463 e. The molecular weight excluding hydrogens is 1840 g/mol. The fourth-order valence-electron chi connectivity index (χ4n) is 18.1. The van der Waals surface area contributed by atoms with E-state index in [-0.39, 0.29) is 53.2 Å². The summed E-state index contributed by atoms with van der Waals surface area (Å²) in [4.78, 5) is 207. The van der Waals surface area contributed by atoms with Crippen molar-refractivity contribution in [1.82, 2.24) is 14.7 Å². The highest BCUT2D eigenvalue weighted by Gasteiger charge is 2.65. The summed E-state index contributed by atoms with van der Waals surface area (Å²) in [6.07, 6.45) is -45.7. The normalized spacial score (nSPS) is 29.0. The Labute approximate surface area is 799 Å². The molecule has 0 unspecified atom stereocenters. The fourth-order valence-corrected chi connectivity index (χ4v) is 18.1. The average Bonchev–Trinajstić information content (AvgIpc) is 1.52. The van der Waals surface area contributed by atoms with Crippen molar-refractivity contribution in [2.45, 2.75) is 235 Å². The molecule has 0 radical (unpaired) electrons. The van der Waals surface area contributed by atoms with Gasteiger partial charge in [0.15, 0.2) is 68.0 Å². The van der Waals surface area contributed by atoms with Gasteiger partial charge in [0, 0.05) is 60.3 Å². The second-order valence-corrected chi connectivity index (χ2v) is 33.7. The molecule has 7 aromatic carbocycles. The van der Waals surface area contributed by atoms with Gasteiger partial charge in [-0.2, -0.15) is 0 Å². The molecule has 140 heavy (non-hydrogen) atoms. The third kappa shape index (κ3) is 23.0. The zero-order chi connectivity index (χ0) is 99.3. The highest BCUT2D eigenvalue weighted by atomic mass is 16.8. The number of azide groups is 1. The molecule has 8 heterocycles. The molecule has 0 aromatic heterocycles. The number of rotatable bonds is 37. The maximum Gasteiger partial charge on any atom is 0.303 e. The van der Waals surface area contributed by atoms with E-state index in [0.717, 1.165) is 65.2 Å². The number of carbonyl (C=O) groups excluding carboxylic acids is 14.